The fourth-order valence-electron chi connectivity index (χ4n) is 2.87. The molecule has 0 fully saturated rings. The second-order valence-corrected chi connectivity index (χ2v) is 6.05. The van der Waals surface area contributed by atoms with Crippen molar-refractivity contribution in [3.8, 4) is 5.75 Å². The van der Waals surface area contributed by atoms with E-state index in [0.717, 1.165) is 42.5 Å². The van der Waals surface area contributed by atoms with Crippen LogP contribution >= 0.6 is 0 Å². The number of nitrogens with zero attached hydrogens (tertiary/aromatic N) is 2. The average molecular weight is 343 g/mol. The summed E-state index contributed by atoms with van der Waals surface area (Å²) in [7, 11) is 0. The Labute approximate surface area is 146 Å². The Morgan fingerprint density at radius 3 is 2.84 bits per heavy atom. The predicted molar refractivity (Wildman–Crippen MR) is 99.4 cm³/mol. The van der Waals surface area contributed by atoms with Crippen LogP contribution in [0, 0.1) is 0 Å². The first-order valence-electron chi connectivity index (χ1n) is 8.96. The number of ether oxygens (including phenoxy) is 2. The van der Waals surface area contributed by atoms with E-state index in [0.29, 0.717) is 30.8 Å². The molecule has 0 aliphatic carbocycles. The van der Waals surface area contributed by atoms with E-state index in [-0.39, 0.29) is 5.56 Å². The van der Waals surface area contributed by atoms with Crippen molar-refractivity contribution in [1.82, 2.24) is 14.5 Å². The summed E-state index contributed by atoms with van der Waals surface area (Å²) in [5.41, 5.74) is 2.08. The Balaban J connectivity index is 1.80. The van der Waals surface area contributed by atoms with Crippen LogP contribution in [0.5, 0.6) is 5.75 Å². The Kier molecular flexibility index (Phi) is 5.71. The van der Waals surface area contributed by atoms with Crippen LogP contribution in [-0.2, 0) is 11.3 Å². The fourth-order valence-corrected chi connectivity index (χ4v) is 2.87. The average Bonchev–Trinajstić information content (AvgIpc) is 2.99. The SMILES string of the molecule is CCCCOCCCn1cnc2c([nH]c3ccc(OCC)cc32)c1=O. The standard InChI is InChI=1S/C19H25N3O3/c1-3-5-10-24-11-6-9-22-13-20-17-15-12-14(25-4-2)7-8-16(15)21-18(17)19(22)23/h7-8,12-13,21H,3-6,9-11H2,1-2H3. The number of aryl methyl sites for hydroxylation is 1. The molecule has 3 aromatic rings. The maximum absolute atomic E-state index is 12.7. The normalized spacial score (nSPS) is 11.4. The monoisotopic (exact) mass is 343 g/mol. The lowest BCUT2D eigenvalue weighted by molar-refractivity contribution is 0.125. The number of aromatic nitrogens is 3. The molecule has 25 heavy (non-hydrogen) atoms. The minimum absolute atomic E-state index is 0.0484. The molecule has 0 radical (unpaired) electrons. The van der Waals surface area contributed by atoms with Crippen LogP contribution in [0.15, 0.2) is 29.3 Å². The number of nitrogens with one attached hydrogen (secondary N) is 1. The first-order chi connectivity index (χ1) is 12.2. The van der Waals surface area contributed by atoms with Crippen LogP contribution in [-0.4, -0.2) is 34.4 Å². The van der Waals surface area contributed by atoms with E-state index in [1.54, 1.807) is 10.9 Å². The van der Waals surface area contributed by atoms with E-state index in [1.807, 2.05) is 25.1 Å². The number of fused-ring (bicyclic) bond motifs is 3. The summed E-state index contributed by atoms with van der Waals surface area (Å²) in [5, 5.41) is 0.910. The van der Waals surface area contributed by atoms with E-state index in [9.17, 15) is 4.79 Å². The summed E-state index contributed by atoms with van der Waals surface area (Å²) in [6.45, 7) is 6.74. The van der Waals surface area contributed by atoms with Crippen molar-refractivity contribution in [3.05, 3.63) is 34.9 Å². The van der Waals surface area contributed by atoms with Gasteiger partial charge in [0.05, 0.1) is 12.9 Å². The molecule has 0 aliphatic heterocycles. The van der Waals surface area contributed by atoms with Gasteiger partial charge in [-0.1, -0.05) is 13.3 Å². The molecule has 2 aromatic heterocycles. The van der Waals surface area contributed by atoms with Crippen LogP contribution in [0.3, 0.4) is 0 Å². The third kappa shape index (κ3) is 3.85. The smallest absolute Gasteiger partial charge is 0.277 e. The van der Waals surface area contributed by atoms with Gasteiger partial charge in [-0.25, -0.2) is 4.98 Å². The highest BCUT2D eigenvalue weighted by molar-refractivity contribution is 6.04. The lowest BCUT2D eigenvalue weighted by Gasteiger charge is -2.06. The number of hydrogen-bond donors (Lipinski definition) is 1. The summed E-state index contributed by atoms with van der Waals surface area (Å²) < 4.78 is 12.7. The molecular formula is C19H25N3O3. The highest BCUT2D eigenvalue weighted by atomic mass is 16.5. The Hall–Kier alpha value is -2.34. The van der Waals surface area contributed by atoms with Crippen molar-refractivity contribution >= 4 is 21.9 Å². The zero-order valence-electron chi connectivity index (χ0n) is 14.9. The van der Waals surface area contributed by atoms with Crippen molar-refractivity contribution in [2.24, 2.45) is 0 Å². The van der Waals surface area contributed by atoms with Crippen molar-refractivity contribution < 1.29 is 9.47 Å². The third-order valence-corrected chi connectivity index (χ3v) is 4.18. The number of benzene rings is 1. The topological polar surface area (TPSA) is 69.1 Å². The van der Waals surface area contributed by atoms with Gasteiger partial charge in [-0.3, -0.25) is 9.36 Å². The quantitative estimate of drug-likeness (QED) is 0.604. The van der Waals surface area contributed by atoms with E-state index in [2.05, 4.69) is 16.9 Å². The predicted octanol–water partition coefficient (Wildman–Crippen LogP) is 3.48. The maximum atomic E-state index is 12.7. The Morgan fingerprint density at radius 2 is 2.04 bits per heavy atom. The molecule has 2 heterocycles. The van der Waals surface area contributed by atoms with Crippen LogP contribution < -0.4 is 10.3 Å². The van der Waals surface area contributed by atoms with Gasteiger partial charge >= 0.3 is 0 Å². The number of H-pyrrole nitrogens is 1. The summed E-state index contributed by atoms with van der Waals surface area (Å²) in [5.74, 6) is 0.783. The zero-order chi connectivity index (χ0) is 17.6. The zero-order valence-corrected chi connectivity index (χ0v) is 14.9. The van der Waals surface area contributed by atoms with Crippen molar-refractivity contribution in [2.45, 2.75) is 39.7 Å². The molecule has 134 valence electrons. The Morgan fingerprint density at radius 1 is 1.20 bits per heavy atom. The molecule has 0 saturated heterocycles. The molecule has 0 aliphatic rings. The summed E-state index contributed by atoms with van der Waals surface area (Å²) in [6.07, 6.45) is 4.63. The summed E-state index contributed by atoms with van der Waals surface area (Å²) in [4.78, 5) is 20.4. The maximum Gasteiger partial charge on any atom is 0.277 e. The first kappa shape index (κ1) is 17.5. The molecule has 1 aromatic carbocycles. The van der Waals surface area contributed by atoms with E-state index < -0.39 is 0 Å². The molecule has 0 unspecified atom stereocenters. The van der Waals surface area contributed by atoms with Gasteiger partial charge in [0, 0.05) is 30.7 Å². The molecule has 0 spiro atoms. The summed E-state index contributed by atoms with van der Waals surface area (Å²) >= 11 is 0. The molecule has 0 saturated carbocycles. The third-order valence-electron chi connectivity index (χ3n) is 4.18. The van der Waals surface area contributed by atoms with Gasteiger partial charge in [-0.05, 0) is 38.0 Å². The Bertz CT molecular complexity index is 898. The molecule has 3 rings (SSSR count). The highest BCUT2D eigenvalue weighted by Crippen LogP contribution is 2.25. The van der Waals surface area contributed by atoms with Gasteiger partial charge in [-0.2, -0.15) is 0 Å². The minimum Gasteiger partial charge on any atom is -0.494 e. The molecule has 0 bridgehead atoms. The van der Waals surface area contributed by atoms with E-state index >= 15 is 0 Å². The number of hydrogen-bond acceptors (Lipinski definition) is 4. The number of unbranched alkanes of at least 4 members (excludes halogenated alkanes) is 1. The van der Waals surface area contributed by atoms with E-state index in [1.165, 1.54) is 0 Å². The second-order valence-electron chi connectivity index (χ2n) is 6.05. The molecule has 0 atom stereocenters. The molecule has 1 N–H and O–H groups in total. The van der Waals surface area contributed by atoms with Crippen molar-refractivity contribution in [1.29, 1.82) is 0 Å². The van der Waals surface area contributed by atoms with Gasteiger partial charge in [0.15, 0.2) is 0 Å². The largest absolute Gasteiger partial charge is 0.494 e. The van der Waals surface area contributed by atoms with Crippen molar-refractivity contribution in [2.75, 3.05) is 19.8 Å². The molecule has 6 nitrogen and oxygen atoms in total. The lowest BCUT2D eigenvalue weighted by Crippen LogP contribution is -2.21. The fraction of sp³-hybridized carbons (Fsp3) is 0.474. The lowest BCUT2D eigenvalue weighted by atomic mass is 10.2. The van der Waals surface area contributed by atoms with Crippen molar-refractivity contribution in [3.63, 3.8) is 0 Å². The molecular weight excluding hydrogens is 318 g/mol. The second kappa shape index (κ2) is 8.16. The van der Waals surface area contributed by atoms with Crippen LogP contribution in [0.25, 0.3) is 21.9 Å². The molecule has 0 amide bonds. The minimum atomic E-state index is -0.0484. The van der Waals surface area contributed by atoms with Gasteiger partial charge in [-0.15, -0.1) is 0 Å². The van der Waals surface area contributed by atoms with Gasteiger partial charge < -0.3 is 14.5 Å². The van der Waals surface area contributed by atoms with Crippen LogP contribution in [0.1, 0.15) is 33.1 Å². The van der Waals surface area contributed by atoms with Crippen LogP contribution in [0.2, 0.25) is 0 Å². The van der Waals surface area contributed by atoms with Gasteiger partial charge in [0.2, 0.25) is 0 Å². The highest BCUT2D eigenvalue weighted by Gasteiger charge is 2.11. The van der Waals surface area contributed by atoms with Gasteiger partial charge in [0.1, 0.15) is 16.8 Å². The first-order valence-corrected chi connectivity index (χ1v) is 8.96. The van der Waals surface area contributed by atoms with E-state index in [4.69, 9.17) is 9.47 Å². The summed E-state index contributed by atoms with van der Waals surface area (Å²) in [6, 6.07) is 5.75. The van der Waals surface area contributed by atoms with Gasteiger partial charge in [0.25, 0.3) is 5.56 Å². The van der Waals surface area contributed by atoms with Crippen LogP contribution in [0.4, 0.5) is 0 Å². The number of rotatable bonds is 9. The molecule has 6 heteroatoms. The number of aromatic amines is 1.